The van der Waals surface area contributed by atoms with E-state index in [-0.39, 0.29) is 5.76 Å². The minimum Gasteiger partial charge on any atom is -0.463 e. The molecule has 0 amide bonds. The van der Waals surface area contributed by atoms with Gasteiger partial charge in [-0.1, -0.05) is 0 Å². The summed E-state index contributed by atoms with van der Waals surface area (Å²) in [7, 11) is 1.29. The Bertz CT molecular complexity index is 486. The van der Waals surface area contributed by atoms with Gasteiger partial charge in [0.05, 0.1) is 13.3 Å². The lowest BCUT2D eigenvalue weighted by atomic mass is 10.3. The van der Waals surface area contributed by atoms with E-state index in [0.717, 1.165) is 0 Å². The van der Waals surface area contributed by atoms with Gasteiger partial charge in [0, 0.05) is 0 Å². The number of carbonyl (C=O) groups is 1. The summed E-state index contributed by atoms with van der Waals surface area (Å²) in [5.74, 6) is 0.398. The molecule has 0 aliphatic carbocycles. The number of aromatic nitrogens is 2. The minimum atomic E-state index is -0.520. The van der Waals surface area contributed by atoms with Crippen molar-refractivity contribution >= 4 is 11.9 Å². The van der Waals surface area contributed by atoms with Gasteiger partial charge in [-0.2, -0.15) is 0 Å². The molecule has 2 aromatic heterocycles. The molecule has 0 bridgehead atoms. The molecule has 2 aromatic rings. The van der Waals surface area contributed by atoms with Gasteiger partial charge in [-0.3, -0.25) is 0 Å². The highest BCUT2D eigenvalue weighted by atomic mass is 16.5. The lowest BCUT2D eigenvalue weighted by Crippen LogP contribution is -1.98. The number of nitrogens with one attached hydrogen (secondary N) is 1. The molecule has 0 radical (unpaired) electrons. The van der Waals surface area contributed by atoms with Gasteiger partial charge < -0.3 is 19.9 Å². The van der Waals surface area contributed by atoms with Crippen molar-refractivity contribution < 1.29 is 13.9 Å². The summed E-state index contributed by atoms with van der Waals surface area (Å²) in [5.41, 5.74) is 6.02. The lowest BCUT2D eigenvalue weighted by Gasteiger charge is -1.93. The van der Waals surface area contributed by atoms with E-state index < -0.39 is 5.97 Å². The summed E-state index contributed by atoms with van der Waals surface area (Å²) < 4.78 is 9.74. The van der Waals surface area contributed by atoms with Crippen LogP contribution in [0.3, 0.4) is 0 Å². The zero-order valence-corrected chi connectivity index (χ0v) is 7.98. The Morgan fingerprint density at radius 2 is 2.40 bits per heavy atom. The molecular weight excluding hydrogens is 198 g/mol. The third-order valence-electron chi connectivity index (χ3n) is 1.85. The molecule has 0 aliphatic heterocycles. The number of hydrogen-bond donors (Lipinski definition) is 2. The molecule has 0 aliphatic rings. The number of nitrogens with zero attached hydrogens (tertiary/aromatic N) is 1. The van der Waals surface area contributed by atoms with Gasteiger partial charge in [0.15, 0.2) is 11.7 Å². The molecule has 2 heterocycles. The molecule has 0 atom stereocenters. The number of anilines is 1. The fourth-order valence-corrected chi connectivity index (χ4v) is 1.15. The van der Waals surface area contributed by atoms with E-state index in [1.807, 2.05) is 0 Å². The van der Waals surface area contributed by atoms with E-state index >= 15 is 0 Å². The van der Waals surface area contributed by atoms with E-state index in [1.165, 1.54) is 19.4 Å². The monoisotopic (exact) mass is 207 g/mol. The zero-order valence-electron chi connectivity index (χ0n) is 7.98. The summed E-state index contributed by atoms with van der Waals surface area (Å²) in [4.78, 5) is 17.7. The maximum absolute atomic E-state index is 11.1. The van der Waals surface area contributed by atoms with Crippen molar-refractivity contribution in [2.45, 2.75) is 0 Å². The van der Waals surface area contributed by atoms with Crippen LogP contribution in [-0.2, 0) is 4.74 Å². The Morgan fingerprint density at radius 1 is 1.60 bits per heavy atom. The minimum absolute atomic E-state index is 0.140. The lowest BCUT2D eigenvalue weighted by molar-refractivity contribution is 0.0566. The first kappa shape index (κ1) is 9.32. The number of nitrogen functional groups attached to an aromatic ring is 1. The number of carbonyl (C=O) groups excluding carboxylic acids is 1. The number of rotatable bonds is 2. The van der Waals surface area contributed by atoms with Crippen molar-refractivity contribution in [3.8, 4) is 11.5 Å². The first-order chi connectivity index (χ1) is 7.20. The average Bonchev–Trinajstić information content (AvgIpc) is 2.84. The smallest absolute Gasteiger partial charge is 0.373 e. The first-order valence-corrected chi connectivity index (χ1v) is 4.19. The van der Waals surface area contributed by atoms with Crippen LogP contribution in [-0.4, -0.2) is 23.0 Å². The average molecular weight is 207 g/mol. The van der Waals surface area contributed by atoms with Gasteiger partial charge >= 0.3 is 5.97 Å². The van der Waals surface area contributed by atoms with Gasteiger partial charge in [0.2, 0.25) is 5.76 Å². The van der Waals surface area contributed by atoms with Gasteiger partial charge in [0.1, 0.15) is 5.69 Å². The molecule has 15 heavy (non-hydrogen) atoms. The van der Waals surface area contributed by atoms with Crippen LogP contribution in [0.4, 0.5) is 5.95 Å². The summed E-state index contributed by atoms with van der Waals surface area (Å²) >= 11 is 0. The van der Waals surface area contributed by atoms with Crippen LogP contribution in [0.2, 0.25) is 0 Å². The second-order valence-corrected chi connectivity index (χ2v) is 2.84. The summed E-state index contributed by atoms with van der Waals surface area (Å²) in [5, 5.41) is 0. The number of imidazole rings is 1. The quantitative estimate of drug-likeness (QED) is 0.717. The largest absolute Gasteiger partial charge is 0.463 e. The highest BCUT2D eigenvalue weighted by molar-refractivity contribution is 5.86. The van der Waals surface area contributed by atoms with Gasteiger partial charge in [0.25, 0.3) is 0 Å². The van der Waals surface area contributed by atoms with Crippen molar-refractivity contribution in [3.05, 3.63) is 24.1 Å². The van der Waals surface area contributed by atoms with Gasteiger partial charge in [-0.15, -0.1) is 0 Å². The second kappa shape index (κ2) is 3.49. The Hall–Kier alpha value is -2.24. The highest BCUT2D eigenvalue weighted by Crippen LogP contribution is 2.20. The molecule has 78 valence electrons. The number of aromatic amines is 1. The molecule has 0 aromatic carbocycles. The molecule has 0 fully saturated rings. The van der Waals surface area contributed by atoms with Crippen molar-refractivity contribution in [2.24, 2.45) is 0 Å². The first-order valence-electron chi connectivity index (χ1n) is 4.19. The zero-order chi connectivity index (χ0) is 10.8. The normalized spacial score (nSPS) is 10.2. The van der Waals surface area contributed by atoms with Crippen LogP contribution in [0.25, 0.3) is 11.5 Å². The fourth-order valence-electron chi connectivity index (χ4n) is 1.15. The molecule has 0 spiro atoms. The summed E-state index contributed by atoms with van der Waals surface area (Å²) in [6, 6.07) is 3.16. The standard InChI is InChI=1S/C9H9N3O3/c1-14-8(13)7-3-2-6(15-7)5-4-11-9(10)12-5/h2-4H,1H3,(H3,10,11,12). The molecule has 3 N–H and O–H groups in total. The summed E-state index contributed by atoms with van der Waals surface area (Å²) in [6.45, 7) is 0. The summed E-state index contributed by atoms with van der Waals surface area (Å²) in [6.07, 6.45) is 1.52. The van der Waals surface area contributed by atoms with Crippen LogP contribution in [0.5, 0.6) is 0 Å². The molecule has 6 nitrogen and oxygen atoms in total. The van der Waals surface area contributed by atoms with E-state index in [4.69, 9.17) is 10.2 Å². The molecule has 0 saturated heterocycles. The topological polar surface area (TPSA) is 94.1 Å². The predicted octanol–water partition coefficient (Wildman–Crippen LogP) is 1.04. The maximum atomic E-state index is 11.1. The highest BCUT2D eigenvalue weighted by Gasteiger charge is 2.13. The van der Waals surface area contributed by atoms with E-state index in [0.29, 0.717) is 17.4 Å². The van der Waals surface area contributed by atoms with Gasteiger partial charge in [-0.05, 0) is 12.1 Å². The SMILES string of the molecule is COC(=O)c1ccc(-c2cnc(N)[nH]2)o1. The predicted molar refractivity (Wildman–Crippen MR) is 52.0 cm³/mol. The maximum Gasteiger partial charge on any atom is 0.373 e. The number of nitrogens with two attached hydrogens (primary N) is 1. The van der Waals surface area contributed by atoms with Crippen LogP contribution in [0, 0.1) is 0 Å². The Morgan fingerprint density at radius 3 is 3.00 bits per heavy atom. The third-order valence-corrected chi connectivity index (χ3v) is 1.85. The number of H-pyrrole nitrogens is 1. The van der Waals surface area contributed by atoms with Gasteiger partial charge in [-0.25, -0.2) is 9.78 Å². The number of methoxy groups -OCH3 is 1. The van der Waals surface area contributed by atoms with E-state index in [1.54, 1.807) is 6.07 Å². The van der Waals surface area contributed by atoms with Crippen LogP contribution >= 0.6 is 0 Å². The molecular formula is C9H9N3O3. The third kappa shape index (κ3) is 1.69. The molecule has 2 rings (SSSR count). The van der Waals surface area contributed by atoms with Crippen molar-refractivity contribution in [2.75, 3.05) is 12.8 Å². The number of hydrogen-bond acceptors (Lipinski definition) is 5. The fraction of sp³-hybridized carbons (Fsp3) is 0.111. The second-order valence-electron chi connectivity index (χ2n) is 2.84. The van der Waals surface area contributed by atoms with Crippen LogP contribution in [0.1, 0.15) is 10.6 Å². The molecule has 0 unspecified atom stereocenters. The Kier molecular flexibility index (Phi) is 2.17. The van der Waals surface area contributed by atoms with Crippen molar-refractivity contribution in [3.63, 3.8) is 0 Å². The number of ether oxygens (including phenoxy) is 1. The Labute approximate surface area is 85.1 Å². The van der Waals surface area contributed by atoms with E-state index in [9.17, 15) is 4.79 Å². The molecule has 0 saturated carbocycles. The number of esters is 1. The van der Waals surface area contributed by atoms with Crippen molar-refractivity contribution in [1.82, 2.24) is 9.97 Å². The van der Waals surface area contributed by atoms with E-state index in [2.05, 4.69) is 14.7 Å². The van der Waals surface area contributed by atoms with Crippen molar-refractivity contribution in [1.29, 1.82) is 0 Å². The van der Waals surface area contributed by atoms with Crippen LogP contribution < -0.4 is 5.73 Å². The van der Waals surface area contributed by atoms with Crippen LogP contribution in [0.15, 0.2) is 22.7 Å². The Balaban J connectivity index is 2.31. The number of furan rings is 1. The molecule has 6 heteroatoms.